The number of morpholine rings is 1. The minimum absolute atomic E-state index is 0.0226. The highest BCUT2D eigenvalue weighted by atomic mass is 35.5. The number of carbonyl (C=O) groups is 2. The number of nitrogens with zero attached hydrogens (tertiary/aromatic N) is 1. The topological polar surface area (TPSA) is 88.1 Å². The zero-order chi connectivity index (χ0) is 16.8. The molecule has 0 aliphatic carbocycles. The predicted molar refractivity (Wildman–Crippen MR) is 84.3 cm³/mol. The smallest absolute Gasteiger partial charge is 0.334 e. The maximum Gasteiger partial charge on any atom is 0.334 e. The SMILES string of the molecule is O=C(O)C1CN(C(=O)NCCOc2ccc(Cl)c(Cl)c2)CCO1. The summed E-state index contributed by atoms with van der Waals surface area (Å²) in [5.41, 5.74) is 0. The molecular formula is C14H16Cl2N2O5. The first-order valence-electron chi connectivity index (χ1n) is 6.92. The Bertz CT molecular complexity index is 584. The molecule has 0 bridgehead atoms. The van der Waals surface area contributed by atoms with Gasteiger partial charge in [-0.2, -0.15) is 0 Å². The number of aliphatic carboxylic acids is 1. The first kappa shape index (κ1) is 17.7. The molecule has 0 saturated carbocycles. The van der Waals surface area contributed by atoms with Crippen molar-refractivity contribution in [1.82, 2.24) is 10.2 Å². The lowest BCUT2D eigenvalue weighted by Gasteiger charge is -2.30. The summed E-state index contributed by atoms with van der Waals surface area (Å²) in [5, 5.41) is 12.4. The Morgan fingerprint density at radius 2 is 2.17 bits per heavy atom. The van der Waals surface area contributed by atoms with Crippen LogP contribution in [0.3, 0.4) is 0 Å². The van der Waals surface area contributed by atoms with Gasteiger partial charge < -0.3 is 24.8 Å². The third kappa shape index (κ3) is 5.16. The van der Waals surface area contributed by atoms with Gasteiger partial charge in [0.1, 0.15) is 12.4 Å². The molecule has 7 nitrogen and oxygen atoms in total. The van der Waals surface area contributed by atoms with Crippen LogP contribution in [0.2, 0.25) is 10.0 Å². The highest BCUT2D eigenvalue weighted by molar-refractivity contribution is 6.42. The van der Waals surface area contributed by atoms with Crippen molar-refractivity contribution in [2.75, 3.05) is 32.8 Å². The number of hydrogen-bond acceptors (Lipinski definition) is 4. The number of hydrogen-bond donors (Lipinski definition) is 2. The van der Waals surface area contributed by atoms with E-state index in [0.717, 1.165) is 0 Å². The molecule has 1 aliphatic heterocycles. The fourth-order valence-corrected chi connectivity index (χ4v) is 2.28. The number of nitrogens with one attached hydrogen (secondary N) is 1. The van der Waals surface area contributed by atoms with Crippen molar-refractivity contribution in [3.63, 3.8) is 0 Å². The van der Waals surface area contributed by atoms with Gasteiger partial charge in [0.25, 0.3) is 0 Å². The molecule has 1 fully saturated rings. The van der Waals surface area contributed by atoms with Gasteiger partial charge in [-0.25, -0.2) is 9.59 Å². The quantitative estimate of drug-likeness (QED) is 0.780. The molecule has 1 atom stereocenters. The maximum atomic E-state index is 11.9. The van der Waals surface area contributed by atoms with Gasteiger partial charge >= 0.3 is 12.0 Å². The second kappa shape index (κ2) is 8.24. The number of halogens is 2. The molecule has 2 N–H and O–H groups in total. The molecule has 0 spiro atoms. The highest BCUT2D eigenvalue weighted by Gasteiger charge is 2.28. The number of urea groups is 1. The number of carbonyl (C=O) groups excluding carboxylic acids is 1. The summed E-state index contributed by atoms with van der Waals surface area (Å²) in [6.07, 6.45) is -0.984. The van der Waals surface area contributed by atoms with Crippen molar-refractivity contribution in [2.24, 2.45) is 0 Å². The van der Waals surface area contributed by atoms with Gasteiger partial charge in [0.05, 0.1) is 29.7 Å². The molecule has 1 aromatic carbocycles. The summed E-state index contributed by atoms with van der Waals surface area (Å²) < 4.78 is 10.5. The molecule has 1 unspecified atom stereocenters. The molecule has 126 valence electrons. The number of benzene rings is 1. The summed E-state index contributed by atoms with van der Waals surface area (Å²) >= 11 is 11.7. The van der Waals surface area contributed by atoms with Gasteiger partial charge in [-0.3, -0.25) is 0 Å². The van der Waals surface area contributed by atoms with Crippen molar-refractivity contribution in [2.45, 2.75) is 6.10 Å². The summed E-state index contributed by atoms with van der Waals surface area (Å²) in [7, 11) is 0. The first-order chi connectivity index (χ1) is 11.0. The van der Waals surface area contributed by atoms with E-state index in [4.69, 9.17) is 37.8 Å². The van der Waals surface area contributed by atoms with E-state index in [0.29, 0.717) is 22.3 Å². The van der Waals surface area contributed by atoms with Crippen LogP contribution in [0, 0.1) is 0 Å². The van der Waals surface area contributed by atoms with E-state index in [9.17, 15) is 9.59 Å². The molecule has 1 aliphatic rings. The van der Waals surface area contributed by atoms with Gasteiger partial charge in [-0.15, -0.1) is 0 Å². The Hall–Kier alpha value is -1.70. The number of amides is 2. The molecular weight excluding hydrogens is 347 g/mol. The van der Waals surface area contributed by atoms with E-state index >= 15 is 0 Å². The van der Waals surface area contributed by atoms with Gasteiger partial charge in [0.2, 0.25) is 0 Å². The summed E-state index contributed by atoms with van der Waals surface area (Å²) in [6, 6.07) is 4.54. The zero-order valence-electron chi connectivity index (χ0n) is 12.1. The van der Waals surface area contributed by atoms with Gasteiger partial charge in [0, 0.05) is 12.6 Å². The zero-order valence-corrected chi connectivity index (χ0v) is 13.6. The van der Waals surface area contributed by atoms with Crippen LogP contribution in [0.25, 0.3) is 0 Å². The minimum Gasteiger partial charge on any atom is -0.492 e. The van der Waals surface area contributed by atoms with E-state index in [2.05, 4.69) is 5.32 Å². The van der Waals surface area contributed by atoms with Crippen LogP contribution in [0.15, 0.2) is 18.2 Å². The lowest BCUT2D eigenvalue weighted by molar-refractivity contribution is -0.154. The second-order valence-corrected chi connectivity index (χ2v) is 5.61. The average Bonchev–Trinajstić information content (AvgIpc) is 2.54. The Kier molecular flexibility index (Phi) is 6.32. The van der Waals surface area contributed by atoms with Crippen molar-refractivity contribution in [3.8, 4) is 5.75 Å². The molecule has 0 aromatic heterocycles. The number of rotatable bonds is 5. The molecule has 2 amide bonds. The van der Waals surface area contributed by atoms with Crippen molar-refractivity contribution < 1.29 is 24.2 Å². The highest BCUT2D eigenvalue weighted by Crippen LogP contribution is 2.26. The Balaban J connectivity index is 1.72. The average molecular weight is 363 g/mol. The largest absolute Gasteiger partial charge is 0.492 e. The van der Waals surface area contributed by atoms with Crippen LogP contribution in [-0.2, 0) is 9.53 Å². The standard InChI is InChI=1S/C14H16Cl2N2O5/c15-10-2-1-9(7-11(10)16)22-5-3-17-14(21)18-4-6-23-12(8-18)13(19)20/h1-2,7,12H,3-6,8H2,(H,17,21)(H,19,20). The number of carboxylic acid groups (broad SMARTS) is 1. The van der Waals surface area contributed by atoms with Crippen molar-refractivity contribution in [3.05, 3.63) is 28.2 Å². The van der Waals surface area contributed by atoms with E-state index in [1.165, 1.54) is 4.90 Å². The maximum absolute atomic E-state index is 11.9. The van der Waals surface area contributed by atoms with Crippen LogP contribution in [-0.4, -0.2) is 61.0 Å². The Morgan fingerprint density at radius 3 is 2.87 bits per heavy atom. The molecule has 23 heavy (non-hydrogen) atoms. The summed E-state index contributed by atoms with van der Waals surface area (Å²) in [6.45, 7) is 1.09. The van der Waals surface area contributed by atoms with Gasteiger partial charge in [-0.05, 0) is 12.1 Å². The summed E-state index contributed by atoms with van der Waals surface area (Å²) in [5.74, 6) is -0.531. The molecule has 9 heteroatoms. The molecule has 0 radical (unpaired) electrons. The van der Waals surface area contributed by atoms with Crippen LogP contribution in [0.1, 0.15) is 0 Å². The lowest BCUT2D eigenvalue weighted by Crippen LogP contribution is -2.52. The molecule has 1 heterocycles. The summed E-state index contributed by atoms with van der Waals surface area (Å²) in [4.78, 5) is 24.2. The predicted octanol–water partition coefficient (Wildman–Crippen LogP) is 1.87. The van der Waals surface area contributed by atoms with E-state index in [-0.39, 0.29) is 32.3 Å². The fourth-order valence-electron chi connectivity index (χ4n) is 1.99. The number of carboxylic acids is 1. The molecule has 2 rings (SSSR count). The van der Waals surface area contributed by atoms with Crippen molar-refractivity contribution in [1.29, 1.82) is 0 Å². The van der Waals surface area contributed by atoms with Crippen LogP contribution in [0.4, 0.5) is 4.79 Å². The van der Waals surface area contributed by atoms with Gasteiger partial charge in [-0.1, -0.05) is 23.2 Å². The van der Waals surface area contributed by atoms with Crippen molar-refractivity contribution >= 4 is 35.2 Å². The van der Waals surface area contributed by atoms with Crippen LogP contribution < -0.4 is 10.1 Å². The minimum atomic E-state index is -1.08. The fraction of sp³-hybridized carbons (Fsp3) is 0.429. The Labute approximate surface area is 143 Å². The van der Waals surface area contributed by atoms with E-state index in [1.54, 1.807) is 18.2 Å². The van der Waals surface area contributed by atoms with E-state index in [1.807, 2.05) is 0 Å². The van der Waals surface area contributed by atoms with Crippen LogP contribution in [0.5, 0.6) is 5.75 Å². The normalized spacial score (nSPS) is 17.7. The lowest BCUT2D eigenvalue weighted by atomic mass is 10.3. The second-order valence-electron chi connectivity index (χ2n) is 4.80. The van der Waals surface area contributed by atoms with Crippen LogP contribution >= 0.6 is 23.2 Å². The third-order valence-electron chi connectivity index (χ3n) is 3.17. The van der Waals surface area contributed by atoms with E-state index < -0.39 is 12.1 Å². The number of ether oxygens (including phenoxy) is 2. The van der Waals surface area contributed by atoms with Gasteiger partial charge in [0.15, 0.2) is 6.10 Å². The Morgan fingerprint density at radius 1 is 1.39 bits per heavy atom. The molecule has 1 saturated heterocycles. The molecule has 1 aromatic rings. The first-order valence-corrected chi connectivity index (χ1v) is 7.68. The third-order valence-corrected chi connectivity index (χ3v) is 3.91. The monoisotopic (exact) mass is 362 g/mol.